The zero-order chi connectivity index (χ0) is 18.4. The largest absolute Gasteiger partial charge is 0.494 e. The summed E-state index contributed by atoms with van der Waals surface area (Å²) >= 11 is 0. The molecule has 2 aromatic rings. The van der Waals surface area contributed by atoms with Crippen molar-refractivity contribution in [3.8, 4) is 5.75 Å². The first kappa shape index (κ1) is 18.5. The summed E-state index contributed by atoms with van der Waals surface area (Å²) in [4.78, 5) is 12.9. The molecule has 2 N–H and O–H groups in total. The van der Waals surface area contributed by atoms with E-state index in [0.717, 1.165) is 36.3 Å². The number of rotatable bonds is 6. The highest BCUT2D eigenvalue weighted by Crippen LogP contribution is 2.26. The quantitative estimate of drug-likeness (QED) is 0.834. The van der Waals surface area contributed by atoms with Gasteiger partial charge in [-0.2, -0.15) is 0 Å². The average molecular weight is 352 g/mol. The summed E-state index contributed by atoms with van der Waals surface area (Å²) in [6, 6.07) is 18.4. The SMILES string of the molecule is CCOc1ccc(C(NC(=O)[C@H]2CCN[C@@H](C)C2)c2ccccc2)cc1. The summed E-state index contributed by atoms with van der Waals surface area (Å²) in [5.74, 6) is 1.06. The third-order valence-corrected chi connectivity index (χ3v) is 4.94. The fraction of sp³-hybridized carbons (Fsp3) is 0.409. The van der Waals surface area contributed by atoms with Crippen molar-refractivity contribution in [3.63, 3.8) is 0 Å². The molecule has 1 unspecified atom stereocenters. The average Bonchev–Trinajstić information content (AvgIpc) is 2.68. The monoisotopic (exact) mass is 352 g/mol. The highest BCUT2D eigenvalue weighted by Gasteiger charge is 2.27. The Labute approximate surface area is 156 Å². The van der Waals surface area contributed by atoms with Gasteiger partial charge in [-0.1, -0.05) is 42.5 Å². The van der Waals surface area contributed by atoms with Crippen molar-refractivity contribution >= 4 is 5.91 Å². The van der Waals surface area contributed by atoms with Gasteiger partial charge in [-0.15, -0.1) is 0 Å². The Bertz CT molecular complexity index is 700. The van der Waals surface area contributed by atoms with Gasteiger partial charge in [0.25, 0.3) is 0 Å². The molecule has 1 fully saturated rings. The highest BCUT2D eigenvalue weighted by molar-refractivity contribution is 5.79. The van der Waals surface area contributed by atoms with Crippen molar-refractivity contribution in [2.75, 3.05) is 13.2 Å². The Morgan fingerprint density at radius 1 is 1.15 bits per heavy atom. The van der Waals surface area contributed by atoms with Crippen LogP contribution in [-0.2, 0) is 4.79 Å². The summed E-state index contributed by atoms with van der Waals surface area (Å²) in [6.45, 7) is 5.66. The molecule has 138 valence electrons. The van der Waals surface area contributed by atoms with Crippen molar-refractivity contribution in [1.82, 2.24) is 10.6 Å². The van der Waals surface area contributed by atoms with E-state index in [1.165, 1.54) is 0 Å². The first-order valence-electron chi connectivity index (χ1n) is 9.49. The lowest BCUT2D eigenvalue weighted by molar-refractivity contribution is -0.126. The predicted octanol–water partition coefficient (Wildman–Crippen LogP) is 3.68. The Hall–Kier alpha value is -2.33. The maximum absolute atomic E-state index is 12.9. The van der Waals surface area contributed by atoms with E-state index in [0.29, 0.717) is 12.6 Å². The molecule has 3 rings (SSSR count). The smallest absolute Gasteiger partial charge is 0.223 e. The van der Waals surface area contributed by atoms with Gasteiger partial charge < -0.3 is 15.4 Å². The van der Waals surface area contributed by atoms with E-state index in [4.69, 9.17) is 4.74 Å². The van der Waals surface area contributed by atoms with E-state index < -0.39 is 0 Å². The normalized spacial score (nSPS) is 21.0. The van der Waals surface area contributed by atoms with Gasteiger partial charge in [-0.05, 0) is 56.5 Å². The van der Waals surface area contributed by atoms with Gasteiger partial charge in [0.2, 0.25) is 5.91 Å². The predicted molar refractivity (Wildman–Crippen MR) is 104 cm³/mol. The molecule has 1 heterocycles. The number of nitrogens with one attached hydrogen (secondary N) is 2. The van der Waals surface area contributed by atoms with Crippen LogP contribution in [0.1, 0.15) is 43.9 Å². The van der Waals surface area contributed by atoms with E-state index in [1.54, 1.807) is 0 Å². The van der Waals surface area contributed by atoms with Crippen molar-refractivity contribution in [1.29, 1.82) is 0 Å². The Balaban J connectivity index is 1.80. The molecule has 4 nitrogen and oxygen atoms in total. The van der Waals surface area contributed by atoms with Crippen LogP contribution in [0.2, 0.25) is 0 Å². The molecule has 0 aromatic heterocycles. The van der Waals surface area contributed by atoms with Crippen molar-refractivity contribution < 1.29 is 9.53 Å². The summed E-state index contributed by atoms with van der Waals surface area (Å²) < 4.78 is 5.54. The van der Waals surface area contributed by atoms with E-state index in [1.807, 2.05) is 49.4 Å². The van der Waals surface area contributed by atoms with Crippen molar-refractivity contribution in [2.45, 2.75) is 38.8 Å². The molecule has 3 atom stereocenters. The second-order valence-corrected chi connectivity index (χ2v) is 6.93. The number of hydrogen-bond donors (Lipinski definition) is 2. The van der Waals surface area contributed by atoms with Crippen molar-refractivity contribution in [3.05, 3.63) is 65.7 Å². The van der Waals surface area contributed by atoms with Crippen LogP contribution in [0, 0.1) is 5.92 Å². The maximum Gasteiger partial charge on any atom is 0.223 e. The summed E-state index contributed by atoms with van der Waals surface area (Å²) in [5.41, 5.74) is 2.15. The van der Waals surface area contributed by atoms with Gasteiger partial charge in [0.1, 0.15) is 5.75 Å². The Morgan fingerprint density at radius 3 is 2.50 bits per heavy atom. The number of carbonyl (C=O) groups excluding carboxylic acids is 1. The molecule has 1 saturated heterocycles. The molecule has 0 saturated carbocycles. The molecule has 1 amide bonds. The van der Waals surface area contributed by atoms with E-state index in [9.17, 15) is 4.79 Å². The number of benzene rings is 2. The number of hydrogen-bond acceptors (Lipinski definition) is 3. The minimum Gasteiger partial charge on any atom is -0.494 e. The Kier molecular flexibility index (Phi) is 6.29. The zero-order valence-corrected chi connectivity index (χ0v) is 15.6. The van der Waals surface area contributed by atoms with Crippen molar-refractivity contribution in [2.24, 2.45) is 5.92 Å². The van der Waals surface area contributed by atoms with Crippen LogP contribution in [0.15, 0.2) is 54.6 Å². The van der Waals surface area contributed by atoms with Crippen LogP contribution in [0.25, 0.3) is 0 Å². The summed E-state index contributed by atoms with van der Waals surface area (Å²) in [5, 5.41) is 6.69. The molecular weight excluding hydrogens is 324 g/mol. The lowest BCUT2D eigenvalue weighted by Crippen LogP contribution is -2.43. The van der Waals surface area contributed by atoms with Gasteiger partial charge in [0, 0.05) is 12.0 Å². The van der Waals surface area contributed by atoms with E-state index in [2.05, 4.69) is 29.7 Å². The van der Waals surface area contributed by atoms with Crippen LogP contribution in [0.4, 0.5) is 0 Å². The molecule has 1 aliphatic rings. The van der Waals surface area contributed by atoms with Crippen LogP contribution in [0.5, 0.6) is 5.75 Å². The molecule has 0 radical (unpaired) electrons. The second-order valence-electron chi connectivity index (χ2n) is 6.93. The van der Waals surface area contributed by atoms with Crippen LogP contribution in [0.3, 0.4) is 0 Å². The number of carbonyl (C=O) groups is 1. The third kappa shape index (κ3) is 4.64. The molecule has 2 aromatic carbocycles. The number of ether oxygens (including phenoxy) is 1. The fourth-order valence-electron chi connectivity index (χ4n) is 3.56. The molecule has 0 spiro atoms. The van der Waals surface area contributed by atoms with Crippen LogP contribution in [-0.4, -0.2) is 25.1 Å². The molecule has 0 bridgehead atoms. The lowest BCUT2D eigenvalue weighted by atomic mass is 9.91. The number of piperidine rings is 1. The van der Waals surface area contributed by atoms with Crippen LogP contribution < -0.4 is 15.4 Å². The number of amides is 1. The Morgan fingerprint density at radius 2 is 1.85 bits per heavy atom. The molecule has 0 aliphatic carbocycles. The fourth-order valence-corrected chi connectivity index (χ4v) is 3.56. The van der Waals surface area contributed by atoms with Gasteiger partial charge in [0.15, 0.2) is 0 Å². The standard InChI is InChI=1S/C22H28N2O2/c1-3-26-20-11-9-18(10-12-20)21(17-7-5-4-6-8-17)24-22(25)19-13-14-23-16(2)15-19/h4-12,16,19,21,23H,3,13-15H2,1-2H3,(H,24,25)/t16-,19-,21?/m0/s1. The summed E-state index contributed by atoms with van der Waals surface area (Å²) in [7, 11) is 0. The highest BCUT2D eigenvalue weighted by atomic mass is 16.5. The molecule has 4 heteroatoms. The van der Waals surface area contributed by atoms with Gasteiger partial charge in [0.05, 0.1) is 12.6 Å². The van der Waals surface area contributed by atoms with Gasteiger partial charge >= 0.3 is 0 Å². The first-order chi connectivity index (χ1) is 12.7. The maximum atomic E-state index is 12.9. The van der Waals surface area contributed by atoms with Gasteiger partial charge in [-0.25, -0.2) is 0 Å². The first-order valence-corrected chi connectivity index (χ1v) is 9.49. The minimum absolute atomic E-state index is 0.0696. The third-order valence-electron chi connectivity index (χ3n) is 4.94. The lowest BCUT2D eigenvalue weighted by Gasteiger charge is -2.29. The molecule has 26 heavy (non-hydrogen) atoms. The topological polar surface area (TPSA) is 50.4 Å². The molecular formula is C22H28N2O2. The zero-order valence-electron chi connectivity index (χ0n) is 15.6. The van der Waals surface area contributed by atoms with E-state index in [-0.39, 0.29) is 17.9 Å². The minimum atomic E-state index is -0.149. The van der Waals surface area contributed by atoms with E-state index >= 15 is 0 Å². The van der Waals surface area contributed by atoms with Crippen LogP contribution >= 0.6 is 0 Å². The molecule has 1 aliphatic heterocycles. The second kappa shape index (κ2) is 8.86. The summed E-state index contributed by atoms with van der Waals surface area (Å²) in [6.07, 6.45) is 1.78. The van der Waals surface area contributed by atoms with Gasteiger partial charge in [-0.3, -0.25) is 4.79 Å².